The van der Waals surface area contributed by atoms with Gasteiger partial charge in [-0.2, -0.15) is 18.3 Å². The van der Waals surface area contributed by atoms with Crippen molar-refractivity contribution >= 4 is 29.2 Å². The van der Waals surface area contributed by atoms with E-state index in [0.29, 0.717) is 17.5 Å². The molecule has 0 radical (unpaired) electrons. The van der Waals surface area contributed by atoms with Crippen molar-refractivity contribution in [2.75, 3.05) is 5.32 Å². The quantitative estimate of drug-likeness (QED) is 0.516. The standard InChI is InChI=1S/C22H19ClF3N3O3/c1-12-19(13(2)29(28-12)16-7-5-4-6-8-16)21(31)32-14(3)20(30)27-18-11-15(22(24,25)26)9-10-17(18)23/h4-11,14H,1-3H3,(H,27,30)/t14-/m1/s1. The van der Waals surface area contributed by atoms with Gasteiger partial charge in [0.2, 0.25) is 0 Å². The number of aryl methyl sites for hydroxylation is 1. The van der Waals surface area contributed by atoms with Gasteiger partial charge in [-0.1, -0.05) is 29.8 Å². The first kappa shape index (κ1) is 23.3. The van der Waals surface area contributed by atoms with Gasteiger partial charge < -0.3 is 10.1 Å². The van der Waals surface area contributed by atoms with Crippen LogP contribution in [-0.4, -0.2) is 27.8 Å². The van der Waals surface area contributed by atoms with Gasteiger partial charge in [0.25, 0.3) is 5.91 Å². The van der Waals surface area contributed by atoms with Crippen molar-refractivity contribution in [3.05, 3.63) is 76.1 Å². The zero-order chi connectivity index (χ0) is 23.6. The summed E-state index contributed by atoms with van der Waals surface area (Å²) in [6, 6.07) is 11.7. The average molecular weight is 466 g/mol. The van der Waals surface area contributed by atoms with Crippen LogP contribution in [-0.2, 0) is 15.7 Å². The van der Waals surface area contributed by atoms with Crippen LogP contribution in [0.25, 0.3) is 5.69 Å². The average Bonchev–Trinajstić information content (AvgIpc) is 3.03. The highest BCUT2D eigenvalue weighted by Crippen LogP contribution is 2.34. The SMILES string of the molecule is Cc1nn(-c2ccccc2)c(C)c1C(=O)O[C@H](C)C(=O)Nc1cc(C(F)(F)F)ccc1Cl. The molecule has 0 spiro atoms. The number of aromatic nitrogens is 2. The van der Waals surface area contributed by atoms with Crippen molar-refractivity contribution in [2.24, 2.45) is 0 Å². The molecule has 3 aromatic rings. The first-order valence-corrected chi connectivity index (χ1v) is 9.87. The highest BCUT2D eigenvalue weighted by Gasteiger charge is 2.31. The molecule has 10 heteroatoms. The summed E-state index contributed by atoms with van der Waals surface area (Å²) in [4.78, 5) is 25.2. The van der Waals surface area contributed by atoms with Crippen molar-refractivity contribution in [1.82, 2.24) is 9.78 Å². The van der Waals surface area contributed by atoms with E-state index in [2.05, 4.69) is 10.4 Å². The van der Waals surface area contributed by atoms with Crippen molar-refractivity contribution in [3.63, 3.8) is 0 Å². The second-order valence-electron chi connectivity index (χ2n) is 7.02. The first-order valence-electron chi connectivity index (χ1n) is 9.49. The van der Waals surface area contributed by atoms with Crippen molar-refractivity contribution in [1.29, 1.82) is 0 Å². The number of carbonyl (C=O) groups is 2. The van der Waals surface area contributed by atoms with Crippen LogP contribution in [0.5, 0.6) is 0 Å². The van der Waals surface area contributed by atoms with E-state index in [0.717, 1.165) is 17.8 Å². The number of amides is 1. The number of esters is 1. The predicted octanol–water partition coefficient (Wildman–Crippen LogP) is 5.35. The molecule has 0 bridgehead atoms. The Labute approximate surface area is 186 Å². The lowest BCUT2D eigenvalue weighted by atomic mass is 10.2. The van der Waals surface area contributed by atoms with Gasteiger partial charge in [0, 0.05) is 0 Å². The Kier molecular flexibility index (Phi) is 6.59. The lowest BCUT2D eigenvalue weighted by Gasteiger charge is -2.16. The number of nitrogens with one attached hydrogen (secondary N) is 1. The fraction of sp³-hybridized carbons (Fsp3) is 0.227. The molecule has 0 aliphatic rings. The van der Waals surface area contributed by atoms with Gasteiger partial charge in [-0.05, 0) is 51.1 Å². The molecule has 0 saturated heterocycles. The zero-order valence-electron chi connectivity index (χ0n) is 17.3. The minimum atomic E-state index is -4.60. The number of alkyl halides is 3. The zero-order valence-corrected chi connectivity index (χ0v) is 18.1. The molecule has 0 unspecified atom stereocenters. The number of hydrogen-bond donors (Lipinski definition) is 1. The van der Waals surface area contributed by atoms with Crippen molar-refractivity contribution in [3.8, 4) is 5.69 Å². The second kappa shape index (κ2) is 9.04. The van der Waals surface area contributed by atoms with Gasteiger partial charge in [0.1, 0.15) is 5.56 Å². The van der Waals surface area contributed by atoms with E-state index in [-0.39, 0.29) is 16.3 Å². The highest BCUT2D eigenvalue weighted by atomic mass is 35.5. The van der Waals surface area contributed by atoms with Crippen LogP contribution in [0, 0.1) is 13.8 Å². The molecule has 0 saturated carbocycles. The number of benzene rings is 2. The van der Waals surface area contributed by atoms with Gasteiger partial charge in [-0.3, -0.25) is 4.79 Å². The molecule has 0 fully saturated rings. The highest BCUT2D eigenvalue weighted by molar-refractivity contribution is 6.33. The molecule has 32 heavy (non-hydrogen) atoms. The Balaban J connectivity index is 1.76. The number of ether oxygens (including phenoxy) is 1. The van der Waals surface area contributed by atoms with E-state index in [9.17, 15) is 22.8 Å². The van der Waals surface area contributed by atoms with Gasteiger partial charge in [-0.15, -0.1) is 0 Å². The Morgan fingerprint density at radius 2 is 1.78 bits per heavy atom. The number of hydrogen-bond acceptors (Lipinski definition) is 4. The molecule has 168 valence electrons. The van der Waals surface area contributed by atoms with E-state index in [1.54, 1.807) is 18.5 Å². The number of carbonyl (C=O) groups excluding carboxylic acids is 2. The normalized spacial score (nSPS) is 12.3. The fourth-order valence-corrected chi connectivity index (χ4v) is 3.23. The predicted molar refractivity (Wildman–Crippen MR) is 113 cm³/mol. The molecule has 1 aromatic heterocycles. The molecule has 1 atom stereocenters. The molecule has 1 N–H and O–H groups in total. The maximum atomic E-state index is 12.9. The lowest BCUT2D eigenvalue weighted by molar-refractivity contribution is -0.137. The van der Waals surface area contributed by atoms with Crippen LogP contribution < -0.4 is 5.32 Å². The van der Waals surface area contributed by atoms with E-state index in [1.165, 1.54) is 6.92 Å². The first-order chi connectivity index (χ1) is 15.0. The minimum Gasteiger partial charge on any atom is -0.449 e. The molecule has 3 rings (SSSR count). The van der Waals surface area contributed by atoms with Gasteiger partial charge in [0.15, 0.2) is 6.10 Å². The van der Waals surface area contributed by atoms with Crippen LogP contribution in [0.3, 0.4) is 0 Å². The maximum absolute atomic E-state index is 12.9. The van der Waals surface area contributed by atoms with Crippen LogP contribution >= 0.6 is 11.6 Å². The summed E-state index contributed by atoms with van der Waals surface area (Å²) in [5, 5.41) is 6.54. The van der Waals surface area contributed by atoms with Gasteiger partial charge in [-0.25, -0.2) is 9.48 Å². The summed E-state index contributed by atoms with van der Waals surface area (Å²) in [5.74, 6) is -1.61. The molecule has 6 nitrogen and oxygen atoms in total. The Morgan fingerprint density at radius 3 is 2.41 bits per heavy atom. The summed E-state index contributed by atoms with van der Waals surface area (Å²) in [5.41, 5.74) is 0.667. The summed E-state index contributed by atoms with van der Waals surface area (Å²) in [6.45, 7) is 4.63. The van der Waals surface area contributed by atoms with Crippen molar-refractivity contribution in [2.45, 2.75) is 33.1 Å². The van der Waals surface area contributed by atoms with Gasteiger partial charge >= 0.3 is 12.1 Å². The van der Waals surface area contributed by atoms with E-state index >= 15 is 0 Å². The molecule has 0 aliphatic carbocycles. The lowest BCUT2D eigenvalue weighted by Crippen LogP contribution is -2.30. The van der Waals surface area contributed by atoms with Gasteiger partial charge in [0.05, 0.1) is 33.3 Å². The summed E-state index contributed by atoms with van der Waals surface area (Å²) >= 11 is 5.90. The molecular weight excluding hydrogens is 447 g/mol. The summed E-state index contributed by atoms with van der Waals surface area (Å²) in [6.07, 6.45) is -5.90. The number of nitrogens with zero attached hydrogens (tertiary/aromatic N) is 2. The van der Waals surface area contributed by atoms with E-state index in [1.807, 2.05) is 30.3 Å². The number of para-hydroxylation sites is 1. The molecule has 1 heterocycles. The smallest absolute Gasteiger partial charge is 0.416 e. The molecule has 0 aliphatic heterocycles. The third-order valence-electron chi connectivity index (χ3n) is 4.70. The minimum absolute atomic E-state index is 0.0827. The Morgan fingerprint density at radius 1 is 1.12 bits per heavy atom. The largest absolute Gasteiger partial charge is 0.449 e. The number of halogens is 4. The molecule has 1 amide bonds. The Hall–Kier alpha value is -3.33. The third kappa shape index (κ3) is 4.94. The summed E-state index contributed by atoms with van der Waals surface area (Å²) in [7, 11) is 0. The number of anilines is 1. The van der Waals surface area contributed by atoms with Crippen LogP contribution in [0.1, 0.15) is 34.2 Å². The fourth-order valence-electron chi connectivity index (χ4n) is 3.06. The number of rotatable bonds is 5. The maximum Gasteiger partial charge on any atom is 0.416 e. The van der Waals surface area contributed by atoms with Crippen LogP contribution in [0.4, 0.5) is 18.9 Å². The third-order valence-corrected chi connectivity index (χ3v) is 5.03. The van der Waals surface area contributed by atoms with Crippen LogP contribution in [0.2, 0.25) is 5.02 Å². The summed E-state index contributed by atoms with van der Waals surface area (Å²) < 4.78 is 45.6. The monoisotopic (exact) mass is 465 g/mol. The topological polar surface area (TPSA) is 73.2 Å². The van der Waals surface area contributed by atoms with Crippen LogP contribution in [0.15, 0.2) is 48.5 Å². The molecule has 2 aromatic carbocycles. The van der Waals surface area contributed by atoms with E-state index in [4.69, 9.17) is 16.3 Å². The molecular formula is C22H19ClF3N3O3. The van der Waals surface area contributed by atoms with E-state index < -0.39 is 29.7 Å². The van der Waals surface area contributed by atoms with Crippen molar-refractivity contribution < 1.29 is 27.5 Å². The second-order valence-corrected chi connectivity index (χ2v) is 7.43. The Bertz CT molecular complexity index is 1160.